The second-order valence-corrected chi connectivity index (χ2v) is 7.68. The maximum Gasteiger partial charge on any atom is 0.231 e. The first-order chi connectivity index (χ1) is 10.8. The predicted octanol–water partition coefficient (Wildman–Crippen LogP) is 3.21. The van der Waals surface area contributed by atoms with Gasteiger partial charge in [-0.1, -0.05) is 27.7 Å². The number of hydrogen-bond acceptors (Lipinski definition) is 4. The number of hydrogen-bond donors (Lipinski definition) is 2. The monoisotopic (exact) mass is 335 g/mol. The summed E-state index contributed by atoms with van der Waals surface area (Å²) < 4.78 is 0. The summed E-state index contributed by atoms with van der Waals surface area (Å²) in [6.07, 6.45) is 1.29. The summed E-state index contributed by atoms with van der Waals surface area (Å²) in [6, 6.07) is 2.06. The highest BCUT2D eigenvalue weighted by Crippen LogP contribution is 2.25. The van der Waals surface area contributed by atoms with E-state index in [1.807, 2.05) is 6.92 Å². The molecule has 2 rings (SSSR count). The first-order valence-corrected chi connectivity index (χ1v) is 8.89. The van der Waals surface area contributed by atoms with Crippen LogP contribution < -0.4 is 15.5 Å². The average molecular weight is 336 g/mol. The van der Waals surface area contributed by atoms with Gasteiger partial charge in [-0.2, -0.15) is 4.98 Å². The van der Waals surface area contributed by atoms with Crippen LogP contribution in [0.3, 0.4) is 0 Å². The standard InChI is InChI=1S/C17H29N5S/c1-11(2)8-18-17(23)21-16-19-14(5)7-15(20-16)22-9-12(3)6-13(4)10-22/h7,11-13H,6,8-10H2,1-5H3,(H2,18,19,20,21,23)/t12-,13-/m1/s1. The number of aryl methyl sites for hydroxylation is 1. The topological polar surface area (TPSA) is 53.1 Å². The number of thiocarbonyl (C=S) groups is 1. The highest BCUT2D eigenvalue weighted by molar-refractivity contribution is 7.80. The van der Waals surface area contributed by atoms with Gasteiger partial charge in [-0.3, -0.25) is 0 Å². The minimum atomic E-state index is 0.542. The smallest absolute Gasteiger partial charge is 0.231 e. The van der Waals surface area contributed by atoms with E-state index in [4.69, 9.17) is 12.2 Å². The molecule has 1 aromatic heterocycles. The van der Waals surface area contributed by atoms with E-state index >= 15 is 0 Å². The molecule has 2 heterocycles. The van der Waals surface area contributed by atoms with Crippen molar-refractivity contribution in [3.63, 3.8) is 0 Å². The highest BCUT2D eigenvalue weighted by atomic mass is 32.1. The normalized spacial score (nSPS) is 21.4. The molecule has 6 heteroatoms. The molecule has 23 heavy (non-hydrogen) atoms. The van der Waals surface area contributed by atoms with Crippen molar-refractivity contribution in [1.29, 1.82) is 0 Å². The predicted molar refractivity (Wildman–Crippen MR) is 101 cm³/mol. The Morgan fingerprint density at radius 1 is 1.30 bits per heavy atom. The molecule has 0 amide bonds. The van der Waals surface area contributed by atoms with Gasteiger partial charge in [0.2, 0.25) is 5.95 Å². The van der Waals surface area contributed by atoms with Crippen LogP contribution >= 0.6 is 12.2 Å². The molecule has 0 radical (unpaired) electrons. The number of nitrogens with one attached hydrogen (secondary N) is 2. The van der Waals surface area contributed by atoms with Gasteiger partial charge in [-0.15, -0.1) is 0 Å². The first-order valence-electron chi connectivity index (χ1n) is 8.49. The van der Waals surface area contributed by atoms with Gasteiger partial charge in [-0.25, -0.2) is 4.98 Å². The Morgan fingerprint density at radius 3 is 2.57 bits per heavy atom. The van der Waals surface area contributed by atoms with Crippen LogP contribution in [-0.2, 0) is 0 Å². The number of rotatable bonds is 4. The summed E-state index contributed by atoms with van der Waals surface area (Å²) in [5.74, 6) is 3.50. The summed E-state index contributed by atoms with van der Waals surface area (Å²) in [5, 5.41) is 6.88. The number of piperidine rings is 1. The second kappa shape index (κ2) is 7.90. The van der Waals surface area contributed by atoms with E-state index in [-0.39, 0.29) is 0 Å². The third-order valence-corrected chi connectivity index (χ3v) is 4.18. The zero-order valence-electron chi connectivity index (χ0n) is 14.9. The van der Waals surface area contributed by atoms with E-state index in [2.05, 4.69) is 59.3 Å². The maximum absolute atomic E-state index is 5.32. The van der Waals surface area contributed by atoms with Crippen molar-refractivity contribution in [1.82, 2.24) is 15.3 Å². The van der Waals surface area contributed by atoms with Crippen LogP contribution in [0.5, 0.6) is 0 Å². The molecule has 1 saturated heterocycles. The minimum absolute atomic E-state index is 0.542. The Labute approximate surface area is 145 Å². The SMILES string of the molecule is Cc1cc(N2C[C@H](C)C[C@@H](C)C2)nc(NC(=S)NCC(C)C)n1. The zero-order valence-corrected chi connectivity index (χ0v) is 15.7. The van der Waals surface area contributed by atoms with E-state index in [1.54, 1.807) is 0 Å². The van der Waals surface area contributed by atoms with Crippen molar-refractivity contribution in [2.24, 2.45) is 17.8 Å². The minimum Gasteiger partial charge on any atom is -0.362 e. The van der Waals surface area contributed by atoms with E-state index in [0.29, 0.717) is 28.8 Å². The summed E-state index contributed by atoms with van der Waals surface area (Å²) in [7, 11) is 0. The lowest BCUT2D eigenvalue weighted by Gasteiger charge is -2.36. The van der Waals surface area contributed by atoms with Gasteiger partial charge in [-0.05, 0) is 43.3 Å². The fourth-order valence-electron chi connectivity index (χ4n) is 3.06. The van der Waals surface area contributed by atoms with Crippen molar-refractivity contribution >= 4 is 29.1 Å². The molecule has 2 N–H and O–H groups in total. The van der Waals surface area contributed by atoms with Crippen molar-refractivity contribution in [3.8, 4) is 0 Å². The molecule has 1 aliphatic rings. The number of nitrogens with zero attached hydrogens (tertiary/aromatic N) is 3. The molecular weight excluding hydrogens is 306 g/mol. The Hall–Kier alpha value is -1.43. The van der Waals surface area contributed by atoms with Gasteiger partial charge in [0.15, 0.2) is 5.11 Å². The third-order valence-electron chi connectivity index (χ3n) is 3.93. The zero-order chi connectivity index (χ0) is 17.0. The Balaban J connectivity index is 2.08. The average Bonchev–Trinajstić information content (AvgIpc) is 2.43. The van der Waals surface area contributed by atoms with Crippen molar-refractivity contribution in [2.75, 3.05) is 29.9 Å². The Morgan fingerprint density at radius 2 is 1.96 bits per heavy atom. The van der Waals surface area contributed by atoms with Crippen LogP contribution in [0.2, 0.25) is 0 Å². The number of aromatic nitrogens is 2. The summed E-state index contributed by atoms with van der Waals surface area (Å²) in [4.78, 5) is 11.5. The lowest BCUT2D eigenvalue weighted by Crippen LogP contribution is -2.39. The maximum atomic E-state index is 5.32. The molecule has 1 aliphatic heterocycles. The Kier molecular flexibility index (Phi) is 6.16. The van der Waals surface area contributed by atoms with Gasteiger partial charge in [0.05, 0.1) is 0 Å². The van der Waals surface area contributed by atoms with Gasteiger partial charge in [0.1, 0.15) is 5.82 Å². The second-order valence-electron chi connectivity index (χ2n) is 7.27. The van der Waals surface area contributed by atoms with Crippen LogP contribution in [0.15, 0.2) is 6.07 Å². The molecule has 5 nitrogen and oxygen atoms in total. The molecule has 0 spiro atoms. The molecule has 0 aromatic carbocycles. The van der Waals surface area contributed by atoms with Crippen LogP contribution in [0.4, 0.5) is 11.8 Å². The van der Waals surface area contributed by atoms with Crippen molar-refractivity contribution in [2.45, 2.75) is 41.0 Å². The lowest BCUT2D eigenvalue weighted by molar-refractivity contribution is 0.355. The van der Waals surface area contributed by atoms with Gasteiger partial charge < -0.3 is 15.5 Å². The fourth-order valence-corrected chi connectivity index (χ4v) is 3.24. The molecule has 0 unspecified atom stereocenters. The largest absolute Gasteiger partial charge is 0.362 e. The third kappa shape index (κ3) is 5.61. The van der Waals surface area contributed by atoms with Gasteiger partial charge in [0, 0.05) is 31.4 Å². The summed E-state index contributed by atoms with van der Waals surface area (Å²) in [5.41, 5.74) is 0.954. The molecule has 1 aromatic rings. The molecule has 128 valence electrons. The molecule has 1 fully saturated rings. The van der Waals surface area contributed by atoms with Gasteiger partial charge in [0.25, 0.3) is 0 Å². The van der Waals surface area contributed by atoms with Crippen molar-refractivity contribution in [3.05, 3.63) is 11.8 Å². The number of anilines is 2. The van der Waals surface area contributed by atoms with E-state index in [9.17, 15) is 0 Å². The molecule has 0 aliphatic carbocycles. The first kappa shape index (κ1) is 17.9. The Bertz CT molecular complexity index is 536. The summed E-state index contributed by atoms with van der Waals surface area (Å²) in [6.45, 7) is 13.8. The molecular formula is C17H29N5S. The van der Waals surface area contributed by atoms with Crippen LogP contribution in [-0.4, -0.2) is 34.7 Å². The van der Waals surface area contributed by atoms with Crippen molar-refractivity contribution < 1.29 is 0 Å². The summed E-state index contributed by atoms with van der Waals surface area (Å²) >= 11 is 5.32. The molecule has 0 bridgehead atoms. The van der Waals surface area contributed by atoms with Crippen LogP contribution in [0, 0.1) is 24.7 Å². The van der Waals surface area contributed by atoms with Gasteiger partial charge >= 0.3 is 0 Å². The van der Waals surface area contributed by atoms with Crippen LogP contribution in [0.25, 0.3) is 0 Å². The molecule has 2 atom stereocenters. The molecule has 0 saturated carbocycles. The lowest BCUT2D eigenvalue weighted by atomic mass is 9.92. The van der Waals surface area contributed by atoms with Crippen LogP contribution in [0.1, 0.15) is 39.8 Å². The fraction of sp³-hybridized carbons (Fsp3) is 0.706. The highest BCUT2D eigenvalue weighted by Gasteiger charge is 2.23. The quantitative estimate of drug-likeness (QED) is 0.824. The van der Waals surface area contributed by atoms with E-state index < -0.39 is 0 Å². The van der Waals surface area contributed by atoms with E-state index in [0.717, 1.165) is 31.1 Å². The van der Waals surface area contributed by atoms with E-state index in [1.165, 1.54) is 6.42 Å².